The molecule has 18 heavy (non-hydrogen) atoms. The highest BCUT2D eigenvalue weighted by molar-refractivity contribution is 7.99. The summed E-state index contributed by atoms with van der Waals surface area (Å²) in [6.07, 6.45) is -4.67. The van der Waals surface area contributed by atoms with Crippen molar-refractivity contribution in [2.45, 2.75) is 18.6 Å². The van der Waals surface area contributed by atoms with Crippen LogP contribution in [0, 0.1) is 0 Å². The molecule has 0 unspecified atom stereocenters. The fourth-order valence-electron chi connectivity index (χ4n) is 1.38. The largest absolute Gasteiger partial charge is 0.480 e. The second-order valence-electron chi connectivity index (χ2n) is 3.64. The zero-order chi connectivity index (χ0) is 13.8. The summed E-state index contributed by atoms with van der Waals surface area (Å²) in [5.41, 5.74) is 0. The Kier molecular flexibility index (Phi) is 5.27. The molecule has 104 valence electrons. The van der Waals surface area contributed by atoms with E-state index in [1.54, 1.807) is 0 Å². The molecule has 9 heteroatoms. The van der Waals surface area contributed by atoms with Gasteiger partial charge in [0.1, 0.15) is 12.6 Å². The van der Waals surface area contributed by atoms with Crippen molar-refractivity contribution in [3.63, 3.8) is 0 Å². The number of hydrogen-bond acceptors (Lipinski definition) is 4. The molecule has 1 N–H and O–H groups in total. The van der Waals surface area contributed by atoms with Gasteiger partial charge < -0.3 is 14.7 Å². The molecule has 0 aromatic heterocycles. The smallest absolute Gasteiger partial charge is 0.411 e. The number of rotatable bonds is 5. The van der Waals surface area contributed by atoms with E-state index in [2.05, 4.69) is 4.74 Å². The summed E-state index contributed by atoms with van der Waals surface area (Å²) in [7, 11) is 0. The highest BCUT2D eigenvalue weighted by Gasteiger charge is 2.34. The van der Waals surface area contributed by atoms with Gasteiger partial charge >= 0.3 is 12.1 Å². The molecule has 1 aliphatic rings. The van der Waals surface area contributed by atoms with Crippen LogP contribution in [0.15, 0.2) is 0 Å². The van der Waals surface area contributed by atoms with Crippen molar-refractivity contribution in [3.05, 3.63) is 0 Å². The normalized spacial score (nSPS) is 20.2. The third-order valence-corrected chi connectivity index (χ3v) is 3.23. The third-order valence-electron chi connectivity index (χ3n) is 2.21. The standard InChI is InChI=1S/C9H12F3NO4S/c10-9(11,12)4-17-2-1-7(14)13-5-18-3-6(13)8(15)16/h6H,1-5H2,(H,15,16)/t6-/m0/s1. The summed E-state index contributed by atoms with van der Waals surface area (Å²) in [4.78, 5) is 23.5. The first-order valence-corrected chi connectivity index (χ1v) is 6.21. The molecule has 0 aliphatic carbocycles. The van der Waals surface area contributed by atoms with Gasteiger partial charge in [0.25, 0.3) is 0 Å². The van der Waals surface area contributed by atoms with Crippen LogP contribution in [0.5, 0.6) is 0 Å². The van der Waals surface area contributed by atoms with Gasteiger partial charge in [0, 0.05) is 5.75 Å². The van der Waals surface area contributed by atoms with Gasteiger partial charge in [-0.15, -0.1) is 11.8 Å². The lowest BCUT2D eigenvalue weighted by Crippen LogP contribution is -2.42. The number of hydrogen-bond donors (Lipinski definition) is 1. The Bertz CT molecular complexity index is 323. The Morgan fingerprint density at radius 1 is 1.44 bits per heavy atom. The number of ether oxygens (including phenoxy) is 1. The molecule has 0 radical (unpaired) electrons. The first-order valence-electron chi connectivity index (χ1n) is 5.06. The molecule has 0 spiro atoms. The van der Waals surface area contributed by atoms with Crippen LogP contribution in [0.25, 0.3) is 0 Å². The van der Waals surface area contributed by atoms with Gasteiger partial charge in [-0.1, -0.05) is 0 Å². The molecule has 5 nitrogen and oxygen atoms in total. The van der Waals surface area contributed by atoms with E-state index in [0.29, 0.717) is 5.75 Å². The van der Waals surface area contributed by atoms with E-state index in [-0.39, 0.29) is 18.9 Å². The summed E-state index contributed by atoms with van der Waals surface area (Å²) in [5, 5.41) is 8.82. The summed E-state index contributed by atoms with van der Waals surface area (Å²) >= 11 is 1.29. The van der Waals surface area contributed by atoms with E-state index in [4.69, 9.17) is 5.11 Å². The lowest BCUT2D eigenvalue weighted by Gasteiger charge is -2.20. The van der Waals surface area contributed by atoms with Gasteiger partial charge in [0.2, 0.25) is 5.91 Å². The monoisotopic (exact) mass is 287 g/mol. The molecular formula is C9H12F3NO4S. The van der Waals surface area contributed by atoms with Crippen molar-refractivity contribution in [3.8, 4) is 0 Å². The number of carbonyl (C=O) groups is 2. The zero-order valence-electron chi connectivity index (χ0n) is 9.27. The average molecular weight is 287 g/mol. The zero-order valence-corrected chi connectivity index (χ0v) is 10.1. The molecule has 0 aromatic rings. The molecule has 1 rings (SSSR count). The maximum absolute atomic E-state index is 11.7. The van der Waals surface area contributed by atoms with Gasteiger partial charge in [-0.3, -0.25) is 4.79 Å². The minimum Gasteiger partial charge on any atom is -0.480 e. The van der Waals surface area contributed by atoms with Crippen molar-refractivity contribution in [1.82, 2.24) is 4.90 Å². The van der Waals surface area contributed by atoms with Crippen molar-refractivity contribution >= 4 is 23.6 Å². The summed E-state index contributed by atoms with van der Waals surface area (Å²) in [6.45, 7) is -1.77. The molecular weight excluding hydrogens is 275 g/mol. The Hall–Kier alpha value is -0.960. The van der Waals surface area contributed by atoms with Gasteiger partial charge in [-0.25, -0.2) is 4.79 Å². The van der Waals surface area contributed by atoms with Gasteiger partial charge in [0.15, 0.2) is 0 Å². The molecule has 1 heterocycles. The topological polar surface area (TPSA) is 66.8 Å². The van der Waals surface area contributed by atoms with E-state index in [9.17, 15) is 22.8 Å². The van der Waals surface area contributed by atoms with E-state index in [1.807, 2.05) is 0 Å². The van der Waals surface area contributed by atoms with Crippen LogP contribution >= 0.6 is 11.8 Å². The van der Waals surface area contributed by atoms with Crippen molar-refractivity contribution < 1.29 is 32.6 Å². The molecule has 1 aliphatic heterocycles. The van der Waals surface area contributed by atoms with Crippen LogP contribution in [0.4, 0.5) is 13.2 Å². The van der Waals surface area contributed by atoms with E-state index < -0.39 is 30.7 Å². The fourth-order valence-corrected chi connectivity index (χ4v) is 2.56. The SMILES string of the molecule is O=C(O)[C@@H]1CSCN1C(=O)CCOCC(F)(F)F. The molecule has 0 bridgehead atoms. The number of carboxylic acid groups (broad SMARTS) is 1. The Balaban J connectivity index is 2.30. The number of aliphatic carboxylic acids is 1. The first kappa shape index (κ1) is 15.1. The fraction of sp³-hybridized carbons (Fsp3) is 0.778. The van der Waals surface area contributed by atoms with Gasteiger partial charge in [-0.05, 0) is 0 Å². The Morgan fingerprint density at radius 3 is 2.67 bits per heavy atom. The number of amides is 1. The van der Waals surface area contributed by atoms with E-state index in [0.717, 1.165) is 4.90 Å². The highest BCUT2D eigenvalue weighted by Crippen LogP contribution is 2.22. The number of thioether (sulfide) groups is 1. The predicted molar refractivity (Wildman–Crippen MR) is 57.1 cm³/mol. The highest BCUT2D eigenvalue weighted by atomic mass is 32.2. The number of nitrogens with zero attached hydrogens (tertiary/aromatic N) is 1. The van der Waals surface area contributed by atoms with E-state index >= 15 is 0 Å². The van der Waals surface area contributed by atoms with Crippen LogP contribution in [0.2, 0.25) is 0 Å². The first-order chi connectivity index (χ1) is 8.31. The minimum absolute atomic E-state index is 0.245. The summed E-state index contributed by atoms with van der Waals surface area (Å²) in [6, 6.07) is -0.898. The van der Waals surface area contributed by atoms with Crippen LogP contribution in [-0.4, -0.2) is 58.9 Å². The second kappa shape index (κ2) is 6.28. The number of carboxylic acids is 1. The van der Waals surface area contributed by atoms with Crippen LogP contribution < -0.4 is 0 Å². The minimum atomic E-state index is -4.42. The summed E-state index contributed by atoms with van der Waals surface area (Å²) in [5.74, 6) is -1.07. The third kappa shape index (κ3) is 4.73. The second-order valence-corrected chi connectivity index (χ2v) is 4.63. The Labute approximate surface area is 105 Å². The van der Waals surface area contributed by atoms with Crippen LogP contribution in [0.3, 0.4) is 0 Å². The van der Waals surface area contributed by atoms with Gasteiger partial charge in [-0.2, -0.15) is 13.2 Å². The molecule has 1 saturated heterocycles. The Morgan fingerprint density at radius 2 is 2.11 bits per heavy atom. The number of alkyl halides is 3. The molecule has 1 atom stereocenters. The van der Waals surface area contributed by atoms with Crippen molar-refractivity contribution in [2.75, 3.05) is 24.8 Å². The van der Waals surface area contributed by atoms with Gasteiger partial charge in [0.05, 0.1) is 18.9 Å². The molecule has 1 fully saturated rings. The van der Waals surface area contributed by atoms with E-state index in [1.165, 1.54) is 11.8 Å². The molecule has 1 amide bonds. The number of halogens is 3. The molecule has 0 saturated carbocycles. The maximum atomic E-state index is 11.7. The average Bonchev–Trinajstić information content (AvgIpc) is 2.71. The van der Waals surface area contributed by atoms with Crippen molar-refractivity contribution in [2.24, 2.45) is 0 Å². The van der Waals surface area contributed by atoms with Crippen LogP contribution in [-0.2, 0) is 14.3 Å². The maximum Gasteiger partial charge on any atom is 0.411 e. The summed E-state index contributed by atoms with van der Waals surface area (Å²) < 4.78 is 39.5. The number of carbonyl (C=O) groups excluding carboxylic acids is 1. The van der Waals surface area contributed by atoms with Crippen molar-refractivity contribution in [1.29, 1.82) is 0 Å². The molecule has 0 aromatic carbocycles. The van der Waals surface area contributed by atoms with Crippen LogP contribution in [0.1, 0.15) is 6.42 Å². The lowest BCUT2D eigenvalue weighted by molar-refractivity contribution is -0.175. The lowest BCUT2D eigenvalue weighted by atomic mass is 10.3. The quantitative estimate of drug-likeness (QED) is 0.762. The predicted octanol–water partition coefficient (Wildman–Crippen LogP) is 0.941.